The summed E-state index contributed by atoms with van der Waals surface area (Å²) in [5, 5.41) is 2.85. The van der Waals surface area contributed by atoms with Crippen LogP contribution in [0.1, 0.15) is 39.6 Å². The first-order chi connectivity index (χ1) is 20.6. The van der Waals surface area contributed by atoms with Gasteiger partial charge in [-0.3, -0.25) is 0 Å². The van der Waals surface area contributed by atoms with Crippen molar-refractivity contribution < 1.29 is 27.3 Å². The maximum absolute atomic E-state index is 8.88. The number of nitrogens with zero attached hydrogens (tertiary/aromatic N) is 3. The maximum atomic E-state index is 8.88. The molecule has 4 nitrogen and oxygen atoms in total. The molecule has 0 aliphatic carbocycles. The number of benzene rings is 2. The molecule has 213 valence electrons. The van der Waals surface area contributed by atoms with Gasteiger partial charge in [-0.25, -0.2) is 4.98 Å². The minimum Gasteiger partial charge on any atom is -0.486 e. The van der Waals surface area contributed by atoms with Gasteiger partial charge in [0.2, 0.25) is 5.71 Å². The van der Waals surface area contributed by atoms with Gasteiger partial charge in [-0.1, -0.05) is 43.9 Å². The number of hydrogen-bond acceptors (Lipinski definition) is 5. The summed E-state index contributed by atoms with van der Waals surface area (Å²) >= 11 is 1.58. The third-order valence-corrected chi connectivity index (χ3v) is 7.73. The molecule has 0 aliphatic heterocycles. The van der Waals surface area contributed by atoms with E-state index in [4.69, 9.17) is 7.16 Å². The van der Waals surface area contributed by atoms with Crippen LogP contribution in [0.15, 0.2) is 89.6 Å². The Morgan fingerprint density at radius 2 is 1.69 bits per heavy atom. The van der Waals surface area contributed by atoms with Crippen LogP contribution in [-0.4, -0.2) is 15.0 Å². The Hall–Kier alpha value is -3.70. The van der Waals surface area contributed by atoms with Crippen molar-refractivity contribution in [3.63, 3.8) is 0 Å². The van der Waals surface area contributed by atoms with Crippen LogP contribution in [-0.2, 0) is 26.5 Å². The average molecular weight is 748 g/mol. The van der Waals surface area contributed by atoms with Gasteiger partial charge < -0.3 is 14.4 Å². The normalized spacial score (nSPS) is 12.4. The van der Waals surface area contributed by atoms with Crippen molar-refractivity contribution in [3.05, 3.63) is 113 Å². The molecular formula is C36H31IrN3OS-2. The van der Waals surface area contributed by atoms with Gasteiger partial charge in [-0.05, 0) is 66.5 Å². The molecule has 5 aromatic heterocycles. The summed E-state index contributed by atoms with van der Waals surface area (Å²) in [6.07, 6.45) is 2.06. The molecule has 0 saturated carbocycles. The first kappa shape index (κ1) is 27.2. The predicted octanol–water partition coefficient (Wildman–Crippen LogP) is 9.81. The molecule has 0 saturated heterocycles. The SMILES string of the molecule is [2H]C([2H])(c1c(C)sc2c(-c3[c-]ccc4c3oc3nc(C)ccc34)nccc12)C(C)(C)C.[Ir].[c-]1ccccc1-c1ccccn1. The molecule has 0 unspecified atom stereocenters. The molecule has 0 bridgehead atoms. The standard InChI is InChI=1S/C25H23N2OS.C11H8N.Ir/c1-14-9-10-18-16-7-6-8-19(22(16)28-24(18)27-14)21-23-17(11-12-26-21)20(15(2)29-23)13-25(3,4)5;1-2-6-10(7-3-1)11-8-4-5-9-12-11;/h6-7,9-12H,13H2,1-5H3;1-6,8-9H;/q2*-1;/i13D2;;. The van der Waals surface area contributed by atoms with Crippen molar-refractivity contribution in [3.8, 4) is 22.5 Å². The molecule has 7 rings (SSSR count). The van der Waals surface area contributed by atoms with Crippen LogP contribution in [0.2, 0.25) is 0 Å². The second-order valence-corrected chi connectivity index (χ2v) is 12.2. The largest absolute Gasteiger partial charge is 0.486 e. The second-order valence-electron chi connectivity index (χ2n) is 10.9. The number of aromatic nitrogens is 3. The summed E-state index contributed by atoms with van der Waals surface area (Å²) in [5.41, 5.74) is 5.99. The van der Waals surface area contributed by atoms with E-state index in [1.807, 2.05) is 107 Å². The van der Waals surface area contributed by atoms with Gasteiger partial charge in [-0.15, -0.1) is 65.4 Å². The molecule has 0 aliphatic rings. The van der Waals surface area contributed by atoms with E-state index >= 15 is 0 Å². The fourth-order valence-electron chi connectivity index (χ4n) is 4.82. The zero-order chi connectivity index (χ0) is 30.4. The Morgan fingerprint density at radius 3 is 2.43 bits per heavy atom. The van der Waals surface area contributed by atoms with Gasteiger partial charge in [0.05, 0.1) is 5.58 Å². The van der Waals surface area contributed by atoms with Crippen molar-refractivity contribution in [2.24, 2.45) is 5.41 Å². The zero-order valence-corrected chi connectivity index (χ0v) is 27.3. The molecule has 0 N–H and O–H groups in total. The minimum atomic E-state index is -1.48. The smallest absolute Gasteiger partial charge is 0.216 e. The fourth-order valence-corrected chi connectivity index (χ4v) is 5.92. The Bertz CT molecular complexity index is 2030. The Balaban J connectivity index is 0.000000248. The van der Waals surface area contributed by atoms with Crippen molar-refractivity contribution in [2.45, 2.75) is 41.0 Å². The number of thiophene rings is 1. The topological polar surface area (TPSA) is 51.8 Å². The van der Waals surface area contributed by atoms with E-state index in [1.165, 1.54) is 0 Å². The summed E-state index contributed by atoms with van der Waals surface area (Å²) in [6, 6.07) is 30.0. The van der Waals surface area contributed by atoms with Crippen molar-refractivity contribution >= 4 is 43.5 Å². The first-order valence-corrected chi connectivity index (χ1v) is 14.4. The molecule has 0 fully saturated rings. The van der Waals surface area contributed by atoms with Gasteiger partial charge in [0.25, 0.3) is 0 Å². The van der Waals surface area contributed by atoms with Gasteiger partial charge in [-0.2, -0.15) is 0 Å². The first-order valence-electron chi connectivity index (χ1n) is 14.5. The number of rotatable bonds is 3. The van der Waals surface area contributed by atoms with Crippen LogP contribution in [0.25, 0.3) is 54.7 Å². The van der Waals surface area contributed by atoms with Crippen LogP contribution < -0.4 is 0 Å². The van der Waals surface area contributed by atoms with Crippen molar-refractivity contribution in [1.29, 1.82) is 0 Å². The van der Waals surface area contributed by atoms with Gasteiger partial charge in [0.15, 0.2) is 0 Å². The minimum absolute atomic E-state index is 0. The summed E-state index contributed by atoms with van der Waals surface area (Å²) in [5.74, 6) is 0. The molecule has 5 heterocycles. The summed E-state index contributed by atoms with van der Waals surface area (Å²) in [4.78, 5) is 14.4. The van der Waals surface area contributed by atoms with E-state index < -0.39 is 11.8 Å². The second kappa shape index (κ2) is 12.3. The molecule has 7 aromatic rings. The van der Waals surface area contributed by atoms with Gasteiger partial charge in [0, 0.05) is 61.6 Å². The van der Waals surface area contributed by atoms with E-state index in [1.54, 1.807) is 23.7 Å². The zero-order valence-electron chi connectivity index (χ0n) is 26.1. The monoisotopic (exact) mass is 748 g/mol. The average Bonchev–Trinajstić information content (AvgIpc) is 3.54. The van der Waals surface area contributed by atoms with E-state index in [9.17, 15) is 0 Å². The quantitative estimate of drug-likeness (QED) is 0.169. The number of aryl methyl sites for hydroxylation is 2. The van der Waals surface area contributed by atoms with E-state index in [0.717, 1.165) is 59.5 Å². The predicted molar refractivity (Wildman–Crippen MR) is 170 cm³/mol. The van der Waals surface area contributed by atoms with Crippen LogP contribution in [0.4, 0.5) is 0 Å². The summed E-state index contributed by atoms with van der Waals surface area (Å²) in [6.45, 7) is 9.76. The molecule has 1 radical (unpaired) electrons. The van der Waals surface area contributed by atoms with Crippen LogP contribution >= 0.6 is 11.3 Å². The third kappa shape index (κ3) is 6.07. The fraction of sp³-hybridized carbons (Fsp3) is 0.194. The van der Waals surface area contributed by atoms with E-state index in [-0.39, 0.29) is 20.1 Å². The van der Waals surface area contributed by atoms with Crippen molar-refractivity contribution in [1.82, 2.24) is 15.0 Å². The molecular weight excluding hydrogens is 715 g/mol. The Kier molecular flexibility index (Phi) is 7.93. The number of hydrogen-bond donors (Lipinski definition) is 0. The van der Waals surface area contributed by atoms with Crippen LogP contribution in [0.3, 0.4) is 0 Å². The molecule has 42 heavy (non-hydrogen) atoms. The van der Waals surface area contributed by atoms with E-state index in [2.05, 4.69) is 27.1 Å². The van der Waals surface area contributed by atoms with Gasteiger partial charge >= 0.3 is 0 Å². The van der Waals surface area contributed by atoms with Crippen LogP contribution in [0, 0.1) is 31.4 Å². The molecule has 6 heteroatoms. The molecule has 2 aromatic carbocycles. The molecule has 0 amide bonds. The van der Waals surface area contributed by atoms with Crippen molar-refractivity contribution in [2.75, 3.05) is 0 Å². The Morgan fingerprint density at radius 1 is 0.857 bits per heavy atom. The third-order valence-electron chi connectivity index (χ3n) is 6.61. The maximum Gasteiger partial charge on any atom is 0.216 e. The Labute approximate surface area is 267 Å². The summed E-state index contributed by atoms with van der Waals surface area (Å²) in [7, 11) is 0. The van der Waals surface area contributed by atoms with Crippen LogP contribution in [0.5, 0.6) is 0 Å². The van der Waals surface area contributed by atoms with E-state index in [0.29, 0.717) is 11.3 Å². The number of fused-ring (bicyclic) bond motifs is 4. The number of furan rings is 1. The molecule has 0 atom stereocenters. The van der Waals surface area contributed by atoms with Gasteiger partial charge in [0.1, 0.15) is 0 Å². The molecule has 0 spiro atoms. The number of pyridine rings is 3. The summed E-state index contributed by atoms with van der Waals surface area (Å²) < 4.78 is 24.9.